The maximum Gasteiger partial charge on any atom is 0.418 e. The Hall–Kier alpha value is -4.87. The van der Waals surface area contributed by atoms with E-state index >= 15 is 0 Å². The Kier molecular flexibility index (Phi) is 10.1. The molecule has 3 aromatic carbocycles. The van der Waals surface area contributed by atoms with Crippen molar-refractivity contribution >= 4 is 23.4 Å². The molecular weight excluding hydrogens is 562 g/mol. The minimum absolute atomic E-state index is 0.0754. The largest absolute Gasteiger partial charge is 0.497 e. The standard InChI is InChI=1S/C33H37N5O6/c1-22-6-5-7-27(23(22)2)29-21-31(44-33(39)36-28-13-12-26(40-3)20-30(28)41-4)37-32(35-29)34-24-8-10-25(11-9-24)43-19-16-38-14-17-42-18-15-38/h5-13,20-21H,14-19H2,1-4H3,(H,36,39)(H,34,35,37). The second-order valence-electron chi connectivity index (χ2n) is 10.2. The van der Waals surface area contributed by atoms with Crippen molar-refractivity contribution < 1.29 is 28.5 Å². The summed E-state index contributed by atoms with van der Waals surface area (Å²) in [6.45, 7) is 8.90. The molecule has 230 valence electrons. The number of morpholine rings is 1. The van der Waals surface area contributed by atoms with Gasteiger partial charge in [-0.2, -0.15) is 4.98 Å². The first-order chi connectivity index (χ1) is 21.4. The molecule has 1 amide bonds. The number of ether oxygens (including phenoxy) is 5. The van der Waals surface area contributed by atoms with Crippen LogP contribution in [-0.2, 0) is 4.74 Å². The minimum Gasteiger partial charge on any atom is -0.497 e. The number of hydrogen-bond acceptors (Lipinski definition) is 10. The fourth-order valence-corrected chi connectivity index (χ4v) is 4.71. The molecule has 0 aliphatic carbocycles. The highest BCUT2D eigenvalue weighted by Gasteiger charge is 2.16. The number of rotatable bonds is 11. The summed E-state index contributed by atoms with van der Waals surface area (Å²) in [5.74, 6) is 2.14. The van der Waals surface area contributed by atoms with Gasteiger partial charge in [0.15, 0.2) is 0 Å². The molecule has 11 heteroatoms. The summed E-state index contributed by atoms with van der Waals surface area (Å²) in [4.78, 5) is 24.5. The van der Waals surface area contributed by atoms with Crippen molar-refractivity contribution in [3.8, 4) is 34.4 Å². The third-order valence-electron chi connectivity index (χ3n) is 7.32. The Bertz CT molecular complexity index is 1570. The van der Waals surface area contributed by atoms with E-state index < -0.39 is 6.09 Å². The molecule has 0 bridgehead atoms. The first-order valence-corrected chi connectivity index (χ1v) is 14.4. The fourth-order valence-electron chi connectivity index (χ4n) is 4.71. The summed E-state index contributed by atoms with van der Waals surface area (Å²) in [5.41, 5.74) is 4.87. The van der Waals surface area contributed by atoms with Gasteiger partial charge in [0, 0.05) is 43.0 Å². The zero-order chi connectivity index (χ0) is 30.9. The summed E-state index contributed by atoms with van der Waals surface area (Å²) in [7, 11) is 3.06. The number of carbonyl (C=O) groups excluding carboxylic acids is 1. The highest BCUT2D eigenvalue weighted by Crippen LogP contribution is 2.31. The van der Waals surface area contributed by atoms with Crippen LogP contribution in [0.25, 0.3) is 11.3 Å². The summed E-state index contributed by atoms with van der Waals surface area (Å²) in [6, 6.07) is 20.2. The molecule has 1 fully saturated rings. The molecule has 0 spiro atoms. The van der Waals surface area contributed by atoms with E-state index in [0.29, 0.717) is 29.5 Å². The van der Waals surface area contributed by atoms with Crippen LogP contribution in [0.3, 0.4) is 0 Å². The van der Waals surface area contributed by atoms with Crippen LogP contribution in [0.2, 0.25) is 0 Å². The summed E-state index contributed by atoms with van der Waals surface area (Å²) in [5, 5.41) is 5.94. The van der Waals surface area contributed by atoms with Crippen molar-refractivity contribution in [1.29, 1.82) is 0 Å². The number of aryl methyl sites for hydroxylation is 1. The van der Waals surface area contributed by atoms with Gasteiger partial charge in [-0.1, -0.05) is 18.2 Å². The minimum atomic E-state index is -0.733. The Labute approximate surface area is 257 Å². The van der Waals surface area contributed by atoms with Gasteiger partial charge in [0.25, 0.3) is 0 Å². The average Bonchev–Trinajstić information content (AvgIpc) is 3.03. The number of aromatic nitrogens is 2. The average molecular weight is 600 g/mol. The zero-order valence-corrected chi connectivity index (χ0v) is 25.4. The number of amides is 1. The van der Waals surface area contributed by atoms with E-state index in [1.807, 2.05) is 56.3 Å². The highest BCUT2D eigenvalue weighted by atomic mass is 16.6. The van der Waals surface area contributed by atoms with E-state index in [-0.39, 0.29) is 11.8 Å². The molecule has 1 aliphatic rings. The molecule has 0 saturated carbocycles. The SMILES string of the molecule is COc1ccc(NC(=O)Oc2cc(-c3cccc(C)c3C)nc(Nc3ccc(OCCN4CCOCC4)cc3)n2)c(OC)c1. The Morgan fingerprint density at radius 3 is 2.45 bits per heavy atom. The molecular formula is C33H37N5O6. The van der Waals surface area contributed by atoms with Gasteiger partial charge in [-0.3, -0.25) is 10.2 Å². The van der Waals surface area contributed by atoms with Crippen LogP contribution in [-0.4, -0.2) is 74.6 Å². The lowest BCUT2D eigenvalue weighted by atomic mass is 10.0. The molecule has 2 heterocycles. The number of benzene rings is 3. The maximum absolute atomic E-state index is 12.9. The van der Waals surface area contributed by atoms with E-state index in [1.54, 1.807) is 31.4 Å². The van der Waals surface area contributed by atoms with Gasteiger partial charge in [-0.15, -0.1) is 0 Å². The number of anilines is 3. The molecule has 1 aliphatic heterocycles. The molecule has 5 rings (SSSR count). The fraction of sp³-hybridized carbons (Fsp3) is 0.303. The van der Waals surface area contributed by atoms with E-state index in [9.17, 15) is 4.79 Å². The number of nitrogens with zero attached hydrogens (tertiary/aromatic N) is 3. The molecule has 1 aromatic heterocycles. The zero-order valence-electron chi connectivity index (χ0n) is 25.4. The summed E-state index contributed by atoms with van der Waals surface area (Å²) < 4.78 is 27.6. The number of methoxy groups -OCH3 is 2. The smallest absolute Gasteiger partial charge is 0.418 e. The van der Waals surface area contributed by atoms with Gasteiger partial charge in [0.1, 0.15) is 23.9 Å². The molecule has 11 nitrogen and oxygen atoms in total. The number of nitrogens with one attached hydrogen (secondary N) is 2. The predicted octanol–water partition coefficient (Wildman–Crippen LogP) is 5.84. The van der Waals surface area contributed by atoms with Crippen LogP contribution >= 0.6 is 0 Å². The second kappa shape index (κ2) is 14.5. The van der Waals surface area contributed by atoms with Gasteiger partial charge >= 0.3 is 6.09 Å². The van der Waals surface area contributed by atoms with Gasteiger partial charge in [-0.25, -0.2) is 9.78 Å². The molecule has 44 heavy (non-hydrogen) atoms. The Morgan fingerprint density at radius 1 is 0.932 bits per heavy atom. The Balaban J connectivity index is 1.32. The normalized spacial score (nSPS) is 13.2. The van der Waals surface area contributed by atoms with Crippen LogP contribution in [0.4, 0.5) is 22.1 Å². The van der Waals surface area contributed by atoms with Crippen molar-refractivity contribution in [3.63, 3.8) is 0 Å². The lowest BCUT2D eigenvalue weighted by molar-refractivity contribution is 0.0322. The lowest BCUT2D eigenvalue weighted by Gasteiger charge is -2.26. The monoisotopic (exact) mass is 599 g/mol. The molecule has 4 aromatic rings. The third kappa shape index (κ3) is 7.94. The molecule has 1 saturated heterocycles. The van der Waals surface area contributed by atoms with Gasteiger partial charge in [0.2, 0.25) is 11.8 Å². The molecule has 0 radical (unpaired) electrons. The number of carbonyl (C=O) groups is 1. The Morgan fingerprint density at radius 2 is 1.70 bits per heavy atom. The third-order valence-corrected chi connectivity index (χ3v) is 7.32. The summed E-state index contributed by atoms with van der Waals surface area (Å²) in [6.07, 6.45) is -0.733. The first kappa shape index (κ1) is 30.6. The van der Waals surface area contributed by atoms with Crippen LogP contribution in [0, 0.1) is 13.8 Å². The summed E-state index contributed by atoms with van der Waals surface area (Å²) >= 11 is 0. The molecule has 0 unspecified atom stereocenters. The predicted molar refractivity (Wildman–Crippen MR) is 169 cm³/mol. The molecule has 2 N–H and O–H groups in total. The topological polar surface area (TPSA) is 116 Å². The number of hydrogen-bond donors (Lipinski definition) is 2. The van der Waals surface area contributed by atoms with Crippen molar-refractivity contribution in [2.45, 2.75) is 13.8 Å². The van der Waals surface area contributed by atoms with Crippen molar-refractivity contribution in [2.24, 2.45) is 0 Å². The van der Waals surface area contributed by atoms with Gasteiger partial charge in [0.05, 0.1) is 38.8 Å². The van der Waals surface area contributed by atoms with E-state index in [2.05, 4.69) is 20.5 Å². The van der Waals surface area contributed by atoms with Gasteiger partial charge < -0.3 is 29.0 Å². The lowest BCUT2D eigenvalue weighted by Crippen LogP contribution is -2.38. The van der Waals surface area contributed by atoms with Crippen LogP contribution in [0.1, 0.15) is 11.1 Å². The van der Waals surface area contributed by atoms with E-state index in [4.69, 9.17) is 28.7 Å². The van der Waals surface area contributed by atoms with Crippen LogP contribution in [0.5, 0.6) is 23.1 Å². The second-order valence-corrected chi connectivity index (χ2v) is 10.2. The van der Waals surface area contributed by atoms with Crippen LogP contribution in [0.15, 0.2) is 66.7 Å². The van der Waals surface area contributed by atoms with Crippen LogP contribution < -0.4 is 29.6 Å². The molecule has 0 atom stereocenters. The van der Waals surface area contributed by atoms with Crippen molar-refractivity contribution in [1.82, 2.24) is 14.9 Å². The van der Waals surface area contributed by atoms with Crippen molar-refractivity contribution in [3.05, 3.63) is 77.9 Å². The first-order valence-electron chi connectivity index (χ1n) is 14.4. The van der Waals surface area contributed by atoms with E-state index in [0.717, 1.165) is 61.0 Å². The van der Waals surface area contributed by atoms with E-state index in [1.165, 1.54) is 7.11 Å². The maximum atomic E-state index is 12.9. The quantitative estimate of drug-likeness (QED) is 0.218. The van der Waals surface area contributed by atoms with Crippen molar-refractivity contribution in [2.75, 3.05) is 64.3 Å². The van der Waals surface area contributed by atoms with Gasteiger partial charge in [-0.05, 0) is 61.4 Å². The highest BCUT2D eigenvalue weighted by molar-refractivity contribution is 5.88.